The van der Waals surface area contributed by atoms with Gasteiger partial charge in [0.2, 0.25) is 0 Å². The smallest absolute Gasteiger partial charge is 0.166 e. The van der Waals surface area contributed by atoms with Crippen molar-refractivity contribution >= 4 is 0 Å². The molecule has 0 aromatic heterocycles. The summed E-state index contributed by atoms with van der Waals surface area (Å²) < 4.78 is 11.7. The molecule has 1 spiro atoms. The van der Waals surface area contributed by atoms with Gasteiger partial charge in [0, 0.05) is 5.56 Å². The first kappa shape index (κ1) is 16.4. The van der Waals surface area contributed by atoms with Gasteiger partial charge >= 0.3 is 0 Å². The van der Waals surface area contributed by atoms with Crippen molar-refractivity contribution in [2.75, 3.05) is 14.2 Å². The normalized spacial score (nSPS) is 14.1. The van der Waals surface area contributed by atoms with Crippen molar-refractivity contribution in [1.82, 2.24) is 0 Å². The first-order valence-electron chi connectivity index (χ1n) is 9.87. The summed E-state index contributed by atoms with van der Waals surface area (Å²) in [4.78, 5) is 0. The molecule has 4 aromatic rings. The maximum absolute atomic E-state index is 6.00. The molecule has 0 heterocycles. The third kappa shape index (κ3) is 1.82. The van der Waals surface area contributed by atoms with Gasteiger partial charge in [0.25, 0.3) is 0 Å². The Morgan fingerprint density at radius 3 is 1.48 bits per heavy atom. The average molecular weight is 376 g/mol. The Labute approximate surface area is 170 Å². The van der Waals surface area contributed by atoms with Gasteiger partial charge in [-0.05, 0) is 45.0 Å². The molecule has 0 amide bonds. The van der Waals surface area contributed by atoms with Crippen molar-refractivity contribution in [1.29, 1.82) is 0 Å². The van der Waals surface area contributed by atoms with Crippen LogP contribution in [0.3, 0.4) is 0 Å². The van der Waals surface area contributed by atoms with Crippen molar-refractivity contribution in [3.05, 3.63) is 107 Å². The summed E-state index contributed by atoms with van der Waals surface area (Å²) in [5.41, 5.74) is 9.74. The van der Waals surface area contributed by atoms with Gasteiger partial charge in [-0.15, -0.1) is 0 Å². The lowest BCUT2D eigenvalue weighted by atomic mass is 9.70. The third-order valence-electron chi connectivity index (χ3n) is 6.49. The van der Waals surface area contributed by atoms with E-state index in [1.807, 2.05) is 6.07 Å². The minimum atomic E-state index is -0.404. The van der Waals surface area contributed by atoms with Crippen LogP contribution >= 0.6 is 0 Å². The molecule has 2 heteroatoms. The summed E-state index contributed by atoms with van der Waals surface area (Å²) in [6.07, 6.45) is 0. The van der Waals surface area contributed by atoms with Crippen LogP contribution in [0.1, 0.15) is 22.3 Å². The number of fused-ring (bicyclic) bond motifs is 10. The van der Waals surface area contributed by atoms with E-state index in [0.717, 1.165) is 11.5 Å². The van der Waals surface area contributed by atoms with E-state index in [-0.39, 0.29) is 0 Å². The van der Waals surface area contributed by atoms with E-state index >= 15 is 0 Å². The van der Waals surface area contributed by atoms with E-state index in [4.69, 9.17) is 9.47 Å². The van der Waals surface area contributed by atoms with Crippen LogP contribution in [0.2, 0.25) is 0 Å². The van der Waals surface area contributed by atoms with Gasteiger partial charge in [-0.1, -0.05) is 78.9 Å². The molecule has 0 atom stereocenters. The minimum absolute atomic E-state index is 0.404. The highest BCUT2D eigenvalue weighted by molar-refractivity contribution is 5.96. The van der Waals surface area contributed by atoms with Gasteiger partial charge in [0.15, 0.2) is 11.5 Å². The SMILES string of the molecule is COc1ccc2c(c1OC)C1(c3ccccc3-c3ccccc31)c1ccccc1-2. The Hall–Kier alpha value is -3.52. The summed E-state index contributed by atoms with van der Waals surface area (Å²) in [5.74, 6) is 1.58. The van der Waals surface area contributed by atoms with Crippen LogP contribution in [0, 0.1) is 0 Å². The fourth-order valence-corrected chi connectivity index (χ4v) is 5.50. The highest BCUT2D eigenvalue weighted by Crippen LogP contribution is 2.65. The van der Waals surface area contributed by atoms with Crippen LogP contribution in [0.5, 0.6) is 11.5 Å². The molecule has 0 bridgehead atoms. The van der Waals surface area contributed by atoms with Gasteiger partial charge in [-0.2, -0.15) is 0 Å². The lowest BCUT2D eigenvalue weighted by molar-refractivity contribution is 0.350. The van der Waals surface area contributed by atoms with Crippen LogP contribution in [-0.4, -0.2) is 14.2 Å². The number of rotatable bonds is 2. The van der Waals surface area contributed by atoms with E-state index in [9.17, 15) is 0 Å². The van der Waals surface area contributed by atoms with Crippen molar-refractivity contribution in [2.45, 2.75) is 5.41 Å². The second-order valence-corrected chi connectivity index (χ2v) is 7.61. The predicted molar refractivity (Wildman–Crippen MR) is 116 cm³/mol. The summed E-state index contributed by atoms with van der Waals surface area (Å²) >= 11 is 0. The number of benzene rings is 4. The Kier molecular flexibility index (Phi) is 3.25. The van der Waals surface area contributed by atoms with Crippen molar-refractivity contribution in [2.24, 2.45) is 0 Å². The lowest BCUT2D eigenvalue weighted by Gasteiger charge is -2.31. The average Bonchev–Trinajstić information content (AvgIpc) is 3.26. The van der Waals surface area contributed by atoms with Gasteiger partial charge in [-0.3, -0.25) is 0 Å². The van der Waals surface area contributed by atoms with Gasteiger partial charge in [-0.25, -0.2) is 0 Å². The van der Waals surface area contributed by atoms with Crippen molar-refractivity contribution < 1.29 is 9.47 Å². The first-order chi connectivity index (χ1) is 14.3. The van der Waals surface area contributed by atoms with Crippen LogP contribution in [0.4, 0.5) is 0 Å². The van der Waals surface area contributed by atoms with E-state index in [1.54, 1.807) is 14.2 Å². The second-order valence-electron chi connectivity index (χ2n) is 7.61. The number of hydrogen-bond acceptors (Lipinski definition) is 2. The first-order valence-corrected chi connectivity index (χ1v) is 9.87. The van der Waals surface area contributed by atoms with Gasteiger partial charge in [0.1, 0.15) is 0 Å². The second kappa shape index (κ2) is 5.74. The molecule has 0 saturated heterocycles. The van der Waals surface area contributed by atoms with E-state index in [2.05, 4.69) is 78.9 Å². The highest BCUT2D eigenvalue weighted by Gasteiger charge is 2.53. The standard InChI is InChI=1S/C27H20O2/c1-28-24-16-15-20-19-11-5-8-14-23(19)27(25(20)26(24)29-2)21-12-6-3-9-17(21)18-10-4-7-13-22(18)27/h3-16H,1-2H3. The molecule has 29 heavy (non-hydrogen) atoms. The van der Waals surface area contributed by atoms with Crippen LogP contribution in [0.15, 0.2) is 84.9 Å². The third-order valence-corrected chi connectivity index (χ3v) is 6.49. The molecule has 0 radical (unpaired) electrons. The zero-order chi connectivity index (χ0) is 19.6. The Balaban J connectivity index is 1.88. The number of ether oxygens (including phenoxy) is 2. The topological polar surface area (TPSA) is 18.5 Å². The van der Waals surface area contributed by atoms with Crippen LogP contribution in [-0.2, 0) is 5.41 Å². The predicted octanol–water partition coefficient (Wildman–Crippen LogP) is 6.05. The molecule has 0 fully saturated rings. The van der Waals surface area contributed by atoms with Crippen LogP contribution < -0.4 is 9.47 Å². The maximum atomic E-state index is 6.00. The Morgan fingerprint density at radius 1 is 0.517 bits per heavy atom. The largest absolute Gasteiger partial charge is 0.493 e. The lowest BCUT2D eigenvalue weighted by Crippen LogP contribution is -2.26. The molecule has 2 aliphatic rings. The number of methoxy groups -OCH3 is 2. The molecule has 6 rings (SSSR count). The fourth-order valence-electron chi connectivity index (χ4n) is 5.50. The monoisotopic (exact) mass is 376 g/mol. The molecule has 140 valence electrons. The Morgan fingerprint density at radius 2 is 1.00 bits per heavy atom. The van der Waals surface area contributed by atoms with Crippen LogP contribution in [0.25, 0.3) is 22.3 Å². The summed E-state index contributed by atoms with van der Waals surface area (Å²) in [6.45, 7) is 0. The molecule has 2 nitrogen and oxygen atoms in total. The van der Waals surface area contributed by atoms with E-state index in [0.29, 0.717) is 0 Å². The molecule has 0 unspecified atom stereocenters. The van der Waals surface area contributed by atoms with Crippen molar-refractivity contribution in [3.63, 3.8) is 0 Å². The molecule has 0 saturated carbocycles. The fraction of sp³-hybridized carbons (Fsp3) is 0.111. The highest BCUT2D eigenvalue weighted by atomic mass is 16.5. The van der Waals surface area contributed by atoms with Gasteiger partial charge in [0.05, 0.1) is 19.6 Å². The molecule has 0 N–H and O–H groups in total. The van der Waals surface area contributed by atoms with Crippen molar-refractivity contribution in [3.8, 4) is 33.8 Å². The van der Waals surface area contributed by atoms with E-state index < -0.39 is 5.41 Å². The number of hydrogen-bond donors (Lipinski definition) is 0. The van der Waals surface area contributed by atoms with E-state index in [1.165, 1.54) is 44.5 Å². The molecular weight excluding hydrogens is 356 g/mol. The minimum Gasteiger partial charge on any atom is -0.493 e. The molecule has 0 aliphatic heterocycles. The zero-order valence-electron chi connectivity index (χ0n) is 16.4. The summed E-state index contributed by atoms with van der Waals surface area (Å²) in [5, 5.41) is 0. The summed E-state index contributed by atoms with van der Waals surface area (Å²) in [7, 11) is 3.44. The quantitative estimate of drug-likeness (QED) is 0.366. The molecule has 2 aliphatic carbocycles. The Bertz CT molecular complexity index is 1220. The summed E-state index contributed by atoms with van der Waals surface area (Å²) in [6, 6.07) is 30.4. The van der Waals surface area contributed by atoms with Gasteiger partial charge < -0.3 is 9.47 Å². The molecule has 4 aromatic carbocycles. The molecular formula is C27H20O2. The zero-order valence-corrected chi connectivity index (χ0v) is 16.4. The maximum Gasteiger partial charge on any atom is 0.166 e.